The van der Waals surface area contributed by atoms with Crippen molar-refractivity contribution in [2.75, 3.05) is 0 Å². The quantitative estimate of drug-likeness (QED) is 0.161. The van der Waals surface area contributed by atoms with Gasteiger partial charge in [-0.3, -0.25) is 0 Å². The van der Waals surface area contributed by atoms with Crippen molar-refractivity contribution in [3.8, 4) is 0 Å². The number of hydrogen-bond acceptors (Lipinski definition) is 0. The first-order chi connectivity index (χ1) is 15.9. The summed E-state index contributed by atoms with van der Waals surface area (Å²) in [6, 6.07) is 7.26. The highest BCUT2D eigenvalue weighted by Crippen LogP contribution is 2.24. The van der Waals surface area contributed by atoms with E-state index in [2.05, 4.69) is 59.7 Å². The molecule has 0 saturated carbocycles. The maximum Gasteiger partial charge on any atom is -0.0273 e. The summed E-state index contributed by atoms with van der Waals surface area (Å²) in [4.78, 5) is 0. The summed E-state index contributed by atoms with van der Waals surface area (Å²) < 4.78 is 0. The molecule has 1 aromatic carbocycles. The van der Waals surface area contributed by atoms with Crippen molar-refractivity contribution in [2.45, 2.75) is 157 Å². The summed E-state index contributed by atoms with van der Waals surface area (Å²) in [6.45, 7) is 14.1. The van der Waals surface area contributed by atoms with Crippen LogP contribution in [0.25, 0.3) is 0 Å². The largest absolute Gasteiger partial charge is 0.0628 e. The topological polar surface area (TPSA) is 0 Å². The van der Waals surface area contributed by atoms with Crippen LogP contribution in [0.2, 0.25) is 0 Å². The Hall–Kier alpha value is -0.780. The lowest BCUT2D eigenvalue weighted by molar-refractivity contribution is 0.516. The maximum absolute atomic E-state index is 2.45. The van der Waals surface area contributed by atoms with Crippen LogP contribution < -0.4 is 0 Å². The van der Waals surface area contributed by atoms with Crippen LogP contribution in [0.15, 0.2) is 18.2 Å². The van der Waals surface area contributed by atoms with Gasteiger partial charge in [0.05, 0.1) is 0 Å². The molecule has 0 heterocycles. The highest BCUT2D eigenvalue weighted by atomic mass is 14.1. The fraction of sp³-hybridized carbons (Fsp3) is 0.818. The minimum absolute atomic E-state index is 0.860. The smallest absolute Gasteiger partial charge is 0.0273 e. The van der Waals surface area contributed by atoms with Gasteiger partial charge in [0.25, 0.3) is 0 Å². The summed E-state index contributed by atoms with van der Waals surface area (Å²) >= 11 is 0. The maximum atomic E-state index is 2.45. The van der Waals surface area contributed by atoms with Crippen LogP contribution in [0.3, 0.4) is 0 Å². The molecule has 0 nitrogen and oxygen atoms in total. The van der Waals surface area contributed by atoms with Crippen molar-refractivity contribution in [2.24, 2.45) is 17.8 Å². The van der Waals surface area contributed by atoms with E-state index >= 15 is 0 Å². The predicted octanol–water partition coefficient (Wildman–Crippen LogP) is 11.1. The summed E-state index contributed by atoms with van der Waals surface area (Å²) in [5.41, 5.74) is 5.10. The van der Waals surface area contributed by atoms with E-state index in [1.54, 1.807) is 16.7 Å². The van der Waals surface area contributed by atoms with Crippen LogP contribution in [0.5, 0.6) is 0 Å². The van der Waals surface area contributed by atoms with E-state index < -0.39 is 0 Å². The zero-order chi connectivity index (χ0) is 24.3. The molecule has 0 unspecified atom stereocenters. The summed E-state index contributed by atoms with van der Waals surface area (Å²) in [5, 5.41) is 0. The monoisotopic (exact) mass is 456 g/mol. The average molecular weight is 457 g/mol. The Kier molecular flexibility index (Phi) is 17.9. The number of unbranched alkanes of at least 4 members (excludes halogenated alkanes) is 9. The molecule has 0 atom stereocenters. The van der Waals surface area contributed by atoms with Crippen LogP contribution >= 0.6 is 0 Å². The number of aryl methyl sites for hydroxylation is 2. The van der Waals surface area contributed by atoms with Gasteiger partial charge in [0.15, 0.2) is 0 Å². The molecular formula is C33H60. The molecule has 1 aromatic rings. The second-order valence-corrected chi connectivity index (χ2v) is 12.1. The molecule has 0 N–H and O–H groups in total. The van der Waals surface area contributed by atoms with Gasteiger partial charge in [-0.2, -0.15) is 0 Å². The highest BCUT2D eigenvalue weighted by Gasteiger charge is 2.09. The second kappa shape index (κ2) is 19.5. The summed E-state index contributed by atoms with van der Waals surface area (Å²) in [5.74, 6) is 2.58. The van der Waals surface area contributed by atoms with E-state index in [9.17, 15) is 0 Å². The fourth-order valence-corrected chi connectivity index (χ4v) is 5.13. The number of rotatable bonds is 21. The molecule has 0 aliphatic heterocycles. The molecule has 0 bridgehead atoms. The van der Waals surface area contributed by atoms with Gasteiger partial charge in [0.2, 0.25) is 0 Å². The number of benzene rings is 1. The molecule has 33 heavy (non-hydrogen) atoms. The third-order valence-corrected chi connectivity index (χ3v) is 7.28. The fourth-order valence-electron chi connectivity index (χ4n) is 5.13. The minimum Gasteiger partial charge on any atom is -0.0628 e. The van der Waals surface area contributed by atoms with Crippen molar-refractivity contribution in [3.63, 3.8) is 0 Å². The Morgan fingerprint density at radius 3 is 1.12 bits per heavy atom. The lowest BCUT2D eigenvalue weighted by Crippen LogP contribution is -2.02. The van der Waals surface area contributed by atoms with Crippen LogP contribution in [0.4, 0.5) is 0 Å². The van der Waals surface area contributed by atoms with Gasteiger partial charge in [0.1, 0.15) is 0 Å². The van der Waals surface area contributed by atoms with Crippen LogP contribution in [0.1, 0.15) is 155 Å². The van der Waals surface area contributed by atoms with Crippen LogP contribution in [0, 0.1) is 17.8 Å². The standard InChI is InChI=1S/C33H60/c1-28(2)20-13-7-10-16-23-31-25-19-26-32(24-17-11-8-14-21-29(3)4)33(31)27-18-12-9-15-22-30(5)6/h19,25-26,28-30H,7-18,20-24,27H2,1-6H3. The normalized spacial score (nSPS) is 11.9. The Balaban J connectivity index is 2.56. The predicted molar refractivity (Wildman–Crippen MR) is 151 cm³/mol. The second-order valence-electron chi connectivity index (χ2n) is 12.1. The molecule has 0 saturated heterocycles. The lowest BCUT2D eigenvalue weighted by Gasteiger charge is -2.16. The SMILES string of the molecule is CC(C)CCCCCCc1cccc(CCCCCCC(C)C)c1CCCCCCC(C)C. The van der Waals surface area contributed by atoms with Crippen molar-refractivity contribution >= 4 is 0 Å². The van der Waals surface area contributed by atoms with Gasteiger partial charge in [-0.1, -0.05) is 137 Å². The molecular weight excluding hydrogens is 396 g/mol. The highest BCUT2D eigenvalue weighted by molar-refractivity contribution is 5.36. The van der Waals surface area contributed by atoms with Gasteiger partial charge in [-0.15, -0.1) is 0 Å². The van der Waals surface area contributed by atoms with Crippen LogP contribution in [-0.2, 0) is 19.3 Å². The van der Waals surface area contributed by atoms with Gasteiger partial charge in [-0.05, 0) is 73.0 Å². The Morgan fingerprint density at radius 1 is 0.424 bits per heavy atom. The first-order valence-corrected chi connectivity index (χ1v) is 15.0. The first-order valence-electron chi connectivity index (χ1n) is 15.0. The van der Waals surface area contributed by atoms with E-state index in [0.29, 0.717) is 0 Å². The molecule has 0 amide bonds. The molecule has 0 heteroatoms. The molecule has 0 aliphatic carbocycles. The molecule has 1 rings (SSSR count). The van der Waals surface area contributed by atoms with E-state index in [0.717, 1.165) is 17.8 Å². The van der Waals surface area contributed by atoms with E-state index in [4.69, 9.17) is 0 Å². The summed E-state index contributed by atoms with van der Waals surface area (Å²) in [6.07, 6.45) is 24.9. The molecule has 0 aliphatic rings. The van der Waals surface area contributed by atoms with Crippen molar-refractivity contribution in [3.05, 3.63) is 34.9 Å². The average Bonchev–Trinajstić information content (AvgIpc) is 2.75. The third kappa shape index (κ3) is 16.5. The third-order valence-electron chi connectivity index (χ3n) is 7.28. The van der Waals surface area contributed by atoms with Crippen LogP contribution in [-0.4, -0.2) is 0 Å². The van der Waals surface area contributed by atoms with Gasteiger partial charge in [0, 0.05) is 0 Å². The minimum atomic E-state index is 0.860. The van der Waals surface area contributed by atoms with E-state index in [1.807, 2.05) is 0 Å². The zero-order valence-electron chi connectivity index (χ0n) is 23.7. The molecule has 0 radical (unpaired) electrons. The zero-order valence-corrected chi connectivity index (χ0v) is 23.7. The van der Waals surface area contributed by atoms with Gasteiger partial charge in [-0.25, -0.2) is 0 Å². The van der Waals surface area contributed by atoms with Crippen molar-refractivity contribution in [1.29, 1.82) is 0 Å². The van der Waals surface area contributed by atoms with E-state index in [1.165, 1.54) is 116 Å². The van der Waals surface area contributed by atoms with E-state index in [-0.39, 0.29) is 0 Å². The Bertz CT molecular complexity index is 527. The summed E-state index contributed by atoms with van der Waals surface area (Å²) in [7, 11) is 0. The van der Waals surface area contributed by atoms with Gasteiger partial charge >= 0.3 is 0 Å². The molecule has 0 spiro atoms. The number of hydrogen-bond donors (Lipinski definition) is 0. The molecule has 0 fully saturated rings. The first kappa shape index (κ1) is 30.3. The van der Waals surface area contributed by atoms with Crippen molar-refractivity contribution < 1.29 is 0 Å². The molecule has 0 aromatic heterocycles. The van der Waals surface area contributed by atoms with Crippen molar-refractivity contribution in [1.82, 2.24) is 0 Å². The lowest BCUT2D eigenvalue weighted by atomic mass is 9.90. The van der Waals surface area contributed by atoms with Gasteiger partial charge < -0.3 is 0 Å². The molecule has 192 valence electrons. The Morgan fingerprint density at radius 2 is 0.758 bits per heavy atom. The Labute approximate surface area is 209 Å².